The van der Waals surface area contributed by atoms with Crippen LogP contribution >= 0.6 is 11.3 Å². The predicted molar refractivity (Wildman–Crippen MR) is 98.9 cm³/mol. The second kappa shape index (κ2) is 8.20. The Labute approximate surface area is 151 Å². The lowest BCUT2D eigenvalue weighted by molar-refractivity contribution is 0.0939. The summed E-state index contributed by atoms with van der Waals surface area (Å²) in [6, 6.07) is 5.34. The highest BCUT2D eigenvalue weighted by molar-refractivity contribution is 7.13. The van der Waals surface area contributed by atoms with Gasteiger partial charge in [-0.2, -0.15) is 0 Å². The molecule has 3 rings (SSSR count). The number of carbonyl (C=O) groups is 1. The van der Waals surface area contributed by atoms with Crippen LogP contribution in [0.4, 0.5) is 5.13 Å². The third-order valence-corrected chi connectivity index (χ3v) is 5.25. The minimum atomic E-state index is -0.166. The summed E-state index contributed by atoms with van der Waals surface area (Å²) in [5.41, 5.74) is 0.445. The number of nitrogens with zero attached hydrogens (tertiary/aromatic N) is 2. The first kappa shape index (κ1) is 17.5. The Hall–Kier alpha value is -2.28. The molecule has 2 aromatic rings. The maximum atomic E-state index is 12.7. The molecule has 1 aliphatic heterocycles. The van der Waals surface area contributed by atoms with Crippen LogP contribution in [0.25, 0.3) is 0 Å². The standard InChI is InChI=1S/C18H23N3O3S/c1-23-14-6-3-7-15(24-2)16(14)17(22)20-11-13-5-4-9-21(12-13)18-19-8-10-25-18/h3,6-8,10,13H,4-5,9,11-12H2,1-2H3,(H,20,22). The normalized spacial score (nSPS) is 17.2. The molecule has 1 aliphatic rings. The van der Waals surface area contributed by atoms with E-state index in [4.69, 9.17) is 9.47 Å². The SMILES string of the molecule is COc1cccc(OC)c1C(=O)NCC1CCCN(c2nccs2)C1. The van der Waals surface area contributed by atoms with Gasteiger partial charge in [0.2, 0.25) is 0 Å². The minimum Gasteiger partial charge on any atom is -0.496 e. The van der Waals surface area contributed by atoms with Crippen molar-refractivity contribution in [1.29, 1.82) is 0 Å². The highest BCUT2D eigenvalue weighted by Crippen LogP contribution is 2.28. The Morgan fingerprint density at radius 1 is 1.36 bits per heavy atom. The van der Waals surface area contributed by atoms with Crippen molar-refractivity contribution in [1.82, 2.24) is 10.3 Å². The van der Waals surface area contributed by atoms with Crippen molar-refractivity contribution < 1.29 is 14.3 Å². The quantitative estimate of drug-likeness (QED) is 0.857. The van der Waals surface area contributed by atoms with Gasteiger partial charge in [-0.15, -0.1) is 11.3 Å². The molecular formula is C18H23N3O3S. The van der Waals surface area contributed by atoms with Crippen molar-refractivity contribution in [3.05, 3.63) is 35.3 Å². The third kappa shape index (κ3) is 4.04. The summed E-state index contributed by atoms with van der Waals surface area (Å²) in [6.07, 6.45) is 4.04. The second-order valence-electron chi connectivity index (χ2n) is 6.02. The maximum absolute atomic E-state index is 12.7. The molecule has 1 N–H and O–H groups in total. The Morgan fingerprint density at radius 3 is 2.76 bits per heavy atom. The largest absolute Gasteiger partial charge is 0.496 e. The topological polar surface area (TPSA) is 63.7 Å². The molecule has 6 nitrogen and oxygen atoms in total. The van der Waals surface area contributed by atoms with E-state index in [1.807, 2.05) is 17.6 Å². The van der Waals surface area contributed by atoms with Gasteiger partial charge in [-0.05, 0) is 30.9 Å². The number of anilines is 1. The molecule has 1 saturated heterocycles. The van der Waals surface area contributed by atoms with Gasteiger partial charge in [0.05, 0.1) is 14.2 Å². The average molecular weight is 361 g/mol. The minimum absolute atomic E-state index is 0.166. The van der Waals surface area contributed by atoms with Crippen molar-refractivity contribution in [2.24, 2.45) is 5.92 Å². The summed E-state index contributed by atoms with van der Waals surface area (Å²) in [7, 11) is 3.11. The summed E-state index contributed by atoms with van der Waals surface area (Å²) in [5.74, 6) is 1.28. The Morgan fingerprint density at radius 2 is 2.12 bits per heavy atom. The number of aromatic nitrogens is 1. The molecule has 1 unspecified atom stereocenters. The summed E-state index contributed by atoms with van der Waals surface area (Å²) in [6.45, 7) is 2.57. The van der Waals surface area contributed by atoms with E-state index in [-0.39, 0.29) is 5.91 Å². The monoisotopic (exact) mass is 361 g/mol. The summed E-state index contributed by atoms with van der Waals surface area (Å²) in [4.78, 5) is 19.3. The van der Waals surface area contributed by atoms with E-state index >= 15 is 0 Å². The van der Waals surface area contributed by atoms with Crippen molar-refractivity contribution in [3.63, 3.8) is 0 Å². The molecule has 1 amide bonds. The fraction of sp³-hybridized carbons (Fsp3) is 0.444. The Balaban J connectivity index is 1.63. The zero-order chi connectivity index (χ0) is 17.6. The number of benzene rings is 1. The molecule has 7 heteroatoms. The van der Waals surface area contributed by atoms with Crippen LogP contribution in [0.5, 0.6) is 11.5 Å². The predicted octanol–water partition coefficient (Wildman–Crippen LogP) is 2.81. The van der Waals surface area contributed by atoms with E-state index in [1.165, 1.54) is 0 Å². The molecule has 134 valence electrons. The van der Waals surface area contributed by atoms with Crippen LogP contribution in [0.2, 0.25) is 0 Å². The maximum Gasteiger partial charge on any atom is 0.258 e. The lowest BCUT2D eigenvalue weighted by Crippen LogP contribution is -2.41. The fourth-order valence-electron chi connectivity index (χ4n) is 3.18. The van der Waals surface area contributed by atoms with Gasteiger partial charge in [-0.1, -0.05) is 6.07 Å². The molecule has 1 aromatic heterocycles. The van der Waals surface area contributed by atoms with Crippen LogP contribution < -0.4 is 19.7 Å². The van der Waals surface area contributed by atoms with Crippen molar-refractivity contribution in [3.8, 4) is 11.5 Å². The number of rotatable bonds is 6. The van der Waals surface area contributed by atoms with Gasteiger partial charge in [0.15, 0.2) is 5.13 Å². The number of methoxy groups -OCH3 is 2. The zero-order valence-electron chi connectivity index (χ0n) is 14.5. The van der Waals surface area contributed by atoms with E-state index in [9.17, 15) is 4.79 Å². The van der Waals surface area contributed by atoms with Gasteiger partial charge < -0.3 is 19.7 Å². The highest BCUT2D eigenvalue weighted by atomic mass is 32.1. The number of nitrogens with one attached hydrogen (secondary N) is 1. The van der Waals surface area contributed by atoms with Gasteiger partial charge in [0.1, 0.15) is 17.1 Å². The molecule has 1 fully saturated rings. The number of amides is 1. The van der Waals surface area contributed by atoms with Crippen LogP contribution in [0.15, 0.2) is 29.8 Å². The van der Waals surface area contributed by atoms with Gasteiger partial charge in [-0.25, -0.2) is 4.98 Å². The lowest BCUT2D eigenvalue weighted by atomic mass is 9.98. The molecule has 0 saturated carbocycles. The van der Waals surface area contributed by atoms with Crippen LogP contribution in [0.3, 0.4) is 0 Å². The molecule has 0 radical (unpaired) electrons. The second-order valence-corrected chi connectivity index (χ2v) is 6.89. The van der Waals surface area contributed by atoms with Gasteiger partial charge in [0.25, 0.3) is 5.91 Å². The fourth-order valence-corrected chi connectivity index (χ4v) is 3.86. The molecule has 1 atom stereocenters. The van der Waals surface area contributed by atoms with Crippen LogP contribution in [-0.4, -0.2) is 44.7 Å². The van der Waals surface area contributed by atoms with Crippen molar-refractivity contribution >= 4 is 22.4 Å². The van der Waals surface area contributed by atoms with E-state index < -0.39 is 0 Å². The van der Waals surface area contributed by atoms with Crippen molar-refractivity contribution in [2.75, 3.05) is 38.8 Å². The number of hydrogen-bond donors (Lipinski definition) is 1. The molecule has 25 heavy (non-hydrogen) atoms. The molecular weight excluding hydrogens is 338 g/mol. The number of hydrogen-bond acceptors (Lipinski definition) is 6. The van der Waals surface area contributed by atoms with Crippen LogP contribution in [0, 0.1) is 5.92 Å². The molecule has 1 aromatic carbocycles. The number of ether oxygens (including phenoxy) is 2. The van der Waals surface area contributed by atoms with E-state index in [0.29, 0.717) is 29.5 Å². The Kier molecular flexibility index (Phi) is 5.75. The van der Waals surface area contributed by atoms with Crippen LogP contribution in [-0.2, 0) is 0 Å². The average Bonchev–Trinajstić information content (AvgIpc) is 3.20. The van der Waals surface area contributed by atoms with Crippen molar-refractivity contribution in [2.45, 2.75) is 12.8 Å². The number of carbonyl (C=O) groups excluding carboxylic acids is 1. The third-order valence-electron chi connectivity index (χ3n) is 4.41. The molecule has 0 bridgehead atoms. The number of thiazole rings is 1. The van der Waals surface area contributed by atoms with E-state index in [0.717, 1.165) is 31.1 Å². The zero-order valence-corrected chi connectivity index (χ0v) is 15.3. The lowest BCUT2D eigenvalue weighted by Gasteiger charge is -2.32. The molecule has 2 heterocycles. The smallest absolute Gasteiger partial charge is 0.258 e. The summed E-state index contributed by atoms with van der Waals surface area (Å²) < 4.78 is 10.6. The van der Waals surface area contributed by atoms with E-state index in [1.54, 1.807) is 37.7 Å². The first-order valence-corrected chi connectivity index (χ1v) is 9.24. The van der Waals surface area contributed by atoms with Gasteiger partial charge >= 0.3 is 0 Å². The highest BCUT2D eigenvalue weighted by Gasteiger charge is 2.23. The first-order chi connectivity index (χ1) is 12.2. The molecule has 0 spiro atoms. The molecule has 0 aliphatic carbocycles. The summed E-state index contributed by atoms with van der Waals surface area (Å²) >= 11 is 1.66. The van der Waals surface area contributed by atoms with Gasteiger partial charge in [-0.3, -0.25) is 4.79 Å². The first-order valence-electron chi connectivity index (χ1n) is 8.36. The van der Waals surface area contributed by atoms with Gasteiger partial charge in [0, 0.05) is 31.2 Å². The van der Waals surface area contributed by atoms with Crippen LogP contribution in [0.1, 0.15) is 23.2 Å². The summed E-state index contributed by atoms with van der Waals surface area (Å²) in [5, 5.41) is 6.09. The Bertz CT molecular complexity index is 683. The van der Waals surface area contributed by atoms with E-state index in [2.05, 4.69) is 15.2 Å². The number of piperidine rings is 1.